The molecule has 1 amide bonds. The summed E-state index contributed by atoms with van der Waals surface area (Å²) in [6.45, 7) is 4.62. The van der Waals surface area contributed by atoms with E-state index < -0.39 is 12.1 Å². The number of benzene rings is 1. The van der Waals surface area contributed by atoms with Gasteiger partial charge in [-0.1, -0.05) is 18.2 Å². The number of hydrogen-bond acceptors (Lipinski definition) is 3. The normalized spacial score (nSPS) is 17.7. The van der Waals surface area contributed by atoms with Crippen LogP contribution in [0.2, 0.25) is 0 Å². The average Bonchev–Trinajstić information content (AvgIpc) is 2.95. The maximum atomic E-state index is 12.7. The average molecular weight is 291 g/mol. The van der Waals surface area contributed by atoms with Gasteiger partial charge in [-0.2, -0.15) is 0 Å². The van der Waals surface area contributed by atoms with Gasteiger partial charge in [-0.25, -0.2) is 0 Å². The van der Waals surface area contributed by atoms with E-state index in [0.29, 0.717) is 13.0 Å². The molecule has 1 N–H and O–H groups in total. The molecule has 1 aliphatic heterocycles. The highest BCUT2D eigenvalue weighted by Gasteiger charge is 2.30. The van der Waals surface area contributed by atoms with Crippen LogP contribution >= 0.6 is 0 Å². The van der Waals surface area contributed by atoms with Crippen molar-refractivity contribution < 1.29 is 19.4 Å². The number of para-hydroxylation sites is 1. The lowest BCUT2D eigenvalue weighted by molar-refractivity contribution is -0.136. The number of nitrogens with zero attached hydrogens (tertiary/aromatic N) is 1. The molecular weight excluding hydrogens is 270 g/mol. The molecule has 0 aliphatic carbocycles. The minimum Gasteiger partial charge on any atom is -0.481 e. The molecule has 0 radical (unpaired) electrons. The topological polar surface area (TPSA) is 66.8 Å². The number of carbonyl (C=O) groups is 2. The number of carbonyl (C=O) groups excluding carboxylic acids is 1. The Labute approximate surface area is 124 Å². The minimum atomic E-state index is -0.911. The summed E-state index contributed by atoms with van der Waals surface area (Å²) in [6.07, 6.45) is 1.05. The summed E-state index contributed by atoms with van der Waals surface area (Å²) in [4.78, 5) is 25.1. The molecule has 1 heterocycles. The fraction of sp³-hybridized carbons (Fsp3) is 0.500. The predicted octanol–water partition coefficient (Wildman–Crippen LogP) is 2.29. The monoisotopic (exact) mass is 291 g/mol. The van der Waals surface area contributed by atoms with Crippen molar-refractivity contribution in [3.8, 4) is 0 Å². The van der Waals surface area contributed by atoms with Crippen molar-refractivity contribution in [2.24, 2.45) is 0 Å². The first-order valence-electron chi connectivity index (χ1n) is 7.21. The Bertz CT molecular complexity index is 515. The largest absolute Gasteiger partial charge is 0.481 e. The summed E-state index contributed by atoms with van der Waals surface area (Å²) < 4.78 is 5.47. The molecule has 114 valence electrons. The van der Waals surface area contributed by atoms with E-state index in [0.717, 1.165) is 23.2 Å². The molecule has 1 atom stereocenters. The van der Waals surface area contributed by atoms with Crippen LogP contribution in [0.1, 0.15) is 30.4 Å². The van der Waals surface area contributed by atoms with Crippen molar-refractivity contribution >= 4 is 17.6 Å². The number of aliphatic carboxylic acids is 1. The summed E-state index contributed by atoms with van der Waals surface area (Å²) in [6, 6.07) is 5.79. The SMILES string of the molecule is Cc1cccc(C)c1N(CCC(=O)O)C(=O)C1CCCO1. The van der Waals surface area contributed by atoms with Crippen molar-refractivity contribution in [1.82, 2.24) is 0 Å². The lowest BCUT2D eigenvalue weighted by Gasteiger charge is -2.28. The number of anilines is 1. The summed E-state index contributed by atoms with van der Waals surface area (Å²) >= 11 is 0. The number of carboxylic acid groups (broad SMARTS) is 1. The highest BCUT2D eigenvalue weighted by Crippen LogP contribution is 2.27. The second-order valence-corrected chi connectivity index (χ2v) is 5.38. The zero-order valence-corrected chi connectivity index (χ0v) is 12.5. The highest BCUT2D eigenvalue weighted by atomic mass is 16.5. The highest BCUT2D eigenvalue weighted by molar-refractivity contribution is 5.98. The maximum Gasteiger partial charge on any atom is 0.305 e. The fourth-order valence-electron chi connectivity index (χ4n) is 2.72. The predicted molar refractivity (Wildman–Crippen MR) is 79.5 cm³/mol. The van der Waals surface area contributed by atoms with Crippen molar-refractivity contribution in [2.45, 2.75) is 39.2 Å². The van der Waals surface area contributed by atoms with Crippen LogP contribution in [0.15, 0.2) is 18.2 Å². The zero-order chi connectivity index (χ0) is 15.4. The van der Waals surface area contributed by atoms with Crippen LogP contribution in [0.25, 0.3) is 0 Å². The van der Waals surface area contributed by atoms with Crippen molar-refractivity contribution in [2.75, 3.05) is 18.1 Å². The molecule has 2 rings (SSSR count). The minimum absolute atomic E-state index is 0.0771. The number of rotatable bonds is 5. The van der Waals surface area contributed by atoms with E-state index in [1.807, 2.05) is 32.0 Å². The molecule has 5 heteroatoms. The van der Waals surface area contributed by atoms with Crippen molar-refractivity contribution in [3.63, 3.8) is 0 Å². The molecule has 0 spiro atoms. The first-order valence-corrected chi connectivity index (χ1v) is 7.21. The second-order valence-electron chi connectivity index (χ2n) is 5.38. The van der Waals surface area contributed by atoms with Gasteiger partial charge >= 0.3 is 5.97 Å². The third-order valence-corrected chi connectivity index (χ3v) is 3.73. The zero-order valence-electron chi connectivity index (χ0n) is 12.5. The fourth-order valence-corrected chi connectivity index (χ4v) is 2.72. The first-order chi connectivity index (χ1) is 10.0. The Morgan fingerprint density at radius 1 is 1.33 bits per heavy atom. The van der Waals surface area contributed by atoms with E-state index >= 15 is 0 Å². The molecular formula is C16H21NO4. The summed E-state index contributed by atoms with van der Waals surface area (Å²) in [7, 11) is 0. The van der Waals surface area contributed by atoms with Gasteiger partial charge in [0.15, 0.2) is 0 Å². The Hall–Kier alpha value is -1.88. The molecule has 1 aromatic rings. The molecule has 0 bridgehead atoms. The van der Waals surface area contributed by atoms with E-state index in [9.17, 15) is 9.59 Å². The third-order valence-electron chi connectivity index (χ3n) is 3.73. The Morgan fingerprint density at radius 3 is 2.52 bits per heavy atom. The van der Waals surface area contributed by atoms with Gasteiger partial charge in [0, 0.05) is 18.8 Å². The van der Waals surface area contributed by atoms with E-state index in [-0.39, 0.29) is 18.9 Å². The molecule has 0 saturated carbocycles. The van der Waals surface area contributed by atoms with E-state index in [1.165, 1.54) is 0 Å². The summed E-state index contributed by atoms with van der Waals surface area (Å²) in [5.74, 6) is -1.04. The molecule has 1 unspecified atom stereocenters. The number of carboxylic acids is 1. The molecule has 0 aromatic heterocycles. The lowest BCUT2D eigenvalue weighted by atomic mass is 10.1. The van der Waals surface area contributed by atoms with Crippen LogP contribution < -0.4 is 4.90 Å². The van der Waals surface area contributed by atoms with Gasteiger partial charge < -0.3 is 14.7 Å². The quantitative estimate of drug-likeness (QED) is 0.904. The molecule has 1 aromatic carbocycles. The molecule has 1 saturated heterocycles. The summed E-state index contributed by atoms with van der Waals surface area (Å²) in [5.41, 5.74) is 2.73. The van der Waals surface area contributed by atoms with Crippen molar-refractivity contribution in [1.29, 1.82) is 0 Å². The van der Waals surface area contributed by atoms with E-state index in [2.05, 4.69) is 0 Å². The van der Waals surface area contributed by atoms with Crippen LogP contribution in [0, 0.1) is 13.8 Å². The number of hydrogen-bond donors (Lipinski definition) is 1. The van der Waals surface area contributed by atoms with Gasteiger partial charge in [-0.15, -0.1) is 0 Å². The molecule has 5 nitrogen and oxygen atoms in total. The van der Waals surface area contributed by atoms with Gasteiger partial charge in [0.05, 0.1) is 6.42 Å². The Balaban J connectivity index is 2.30. The van der Waals surface area contributed by atoms with Crippen LogP contribution in [0.5, 0.6) is 0 Å². The van der Waals surface area contributed by atoms with Crippen LogP contribution in [0.3, 0.4) is 0 Å². The Kier molecular flexibility index (Phi) is 4.96. The van der Waals surface area contributed by atoms with Crippen LogP contribution in [0.4, 0.5) is 5.69 Å². The second kappa shape index (κ2) is 6.72. The summed E-state index contributed by atoms with van der Waals surface area (Å²) in [5, 5.41) is 8.93. The van der Waals surface area contributed by atoms with Gasteiger partial charge in [0.25, 0.3) is 5.91 Å². The first kappa shape index (κ1) is 15.5. The van der Waals surface area contributed by atoms with Gasteiger partial charge in [0.2, 0.25) is 0 Å². The number of aryl methyl sites for hydroxylation is 2. The number of ether oxygens (including phenoxy) is 1. The molecule has 21 heavy (non-hydrogen) atoms. The molecule has 1 fully saturated rings. The smallest absolute Gasteiger partial charge is 0.305 e. The Morgan fingerprint density at radius 2 is 2.00 bits per heavy atom. The third kappa shape index (κ3) is 3.61. The van der Waals surface area contributed by atoms with Gasteiger partial charge in [0.1, 0.15) is 6.10 Å². The van der Waals surface area contributed by atoms with E-state index in [1.54, 1.807) is 4.90 Å². The van der Waals surface area contributed by atoms with Gasteiger partial charge in [-0.05, 0) is 37.8 Å². The maximum absolute atomic E-state index is 12.7. The van der Waals surface area contributed by atoms with Gasteiger partial charge in [-0.3, -0.25) is 9.59 Å². The number of amides is 1. The van der Waals surface area contributed by atoms with Crippen molar-refractivity contribution in [3.05, 3.63) is 29.3 Å². The van der Waals surface area contributed by atoms with Crippen LogP contribution in [-0.2, 0) is 14.3 Å². The van der Waals surface area contributed by atoms with Crippen LogP contribution in [-0.4, -0.2) is 36.2 Å². The van der Waals surface area contributed by atoms with E-state index in [4.69, 9.17) is 9.84 Å². The molecule has 1 aliphatic rings. The standard InChI is InChI=1S/C16H21NO4/c1-11-5-3-6-12(2)15(11)17(9-8-14(18)19)16(20)13-7-4-10-21-13/h3,5-6,13H,4,7-10H2,1-2H3,(H,18,19). The lowest BCUT2D eigenvalue weighted by Crippen LogP contribution is -2.41.